The zero-order valence-electron chi connectivity index (χ0n) is 14.0. The van der Waals surface area contributed by atoms with E-state index in [1.807, 2.05) is 25.1 Å². The van der Waals surface area contributed by atoms with Crippen LogP contribution in [0.15, 0.2) is 66.7 Å². The molecule has 1 unspecified atom stereocenters. The van der Waals surface area contributed by atoms with Gasteiger partial charge >= 0.3 is 0 Å². The van der Waals surface area contributed by atoms with Crippen LogP contribution < -0.4 is 5.32 Å². The Balaban J connectivity index is 1.87. The molecule has 3 aromatic carbocycles. The van der Waals surface area contributed by atoms with Gasteiger partial charge < -0.3 is 9.88 Å². The minimum atomic E-state index is -0.153. The van der Waals surface area contributed by atoms with Gasteiger partial charge in [-0.15, -0.1) is 0 Å². The molecule has 1 N–H and O–H groups in total. The summed E-state index contributed by atoms with van der Waals surface area (Å²) in [5.41, 5.74) is 3.25. The van der Waals surface area contributed by atoms with E-state index < -0.39 is 0 Å². The molecule has 25 heavy (non-hydrogen) atoms. The fourth-order valence-corrected chi connectivity index (χ4v) is 3.37. The van der Waals surface area contributed by atoms with Gasteiger partial charge in [-0.3, -0.25) is 4.79 Å². The van der Waals surface area contributed by atoms with E-state index in [1.54, 1.807) is 0 Å². The number of imidazole rings is 1. The first kappa shape index (κ1) is 15.4. The molecule has 4 rings (SSSR count). The summed E-state index contributed by atoms with van der Waals surface area (Å²) in [7, 11) is 0. The van der Waals surface area contributed by atoms with Gasteiger partial charge in [-0.2, -0.15) is 0 Å². The second-order valence-corrected chi connectivity index (χ2v) is 6.19. The van der Waals surface area contributed by atoms with E-state index in [0.717, 1.165) is 23.3 Å². The summed E-state index contributed by atoms with van der Waals surface area (Å²) in [5.74, 6) is 0.862. The van der Waals surface area contributed by atoms with Crippen molar-refractivity contribution in [2.45, 2.75) is 19.5 Å². The Morgan fingerprint density at radius 1 is 1.04 bits per heavy atom. The van der Waals surface area contributed by atoms with E-state index in [9.17, 15) is 4.79 Å². The van der Waals surface area contributed by atoms with Crippen LogP contribution >= 0.6 is 0 Å². The van der Waals surface area contributed by atoms with Crippen molar-refractivity contribution in [1.82, 2.24) is 14.9 Å². The first-order valence-corrected chi connectivity index (χ1v) is 8.39. The third kappa shape index (κ3) is 2.76. The maximum Gasteiger partial charge on any atom is 0.207 e. The Kier molecular flexibility index (Phi) is 3.94. The largest absolute Gasteiger partial charge is 0.349 e. The summed E-state index contributed by atoms with van der Waals surface area (Å²) in [5, 5.41) is 5.29. The second kappa shape index (κ2) is 6.40. The van der Waals surface area contributed by atoms with E-state index in [4.69, 9.17) is 4.98 Å². The number of fused-ring (bicyclic) bond motifs is 2. The van der Waals surface area contributed by atoms with Crippen molar-refractivity contribution in [3.63, 3.8) is 0 Å². The lowest BCUT2D eigenvalue weighted by Crippen LogP contribution is -2.20. The molecule has 4 nitrogen and oxygen atoms in total. The third-order valence-corrected chi connectivity index (χ3v) is 4.60. The summed E-state index contributed by atoms with van der Waals surface area (Å²) in [6.45, 7) is 2.66. The number of hydrogen-bond acceptors (Lipinski definition) is 2. The summed E-state index contributed by atoms with van der Waals surface area (Å²) in [6, 6.07) is 22.7. The molecule has 0 saturated carbocycles. The highest BCUT2D eigenvalue weighted by Gasteiger charge is 2.16. The molecule has 0 aliphatic carbocycles. The maximum absolute atomic E-state index is 10.9. The Bertz CT molecular complexity index is 1050. The summed E-state index contributed by atoms with van der Waals surface area (Å²) in [4.78, 5) is 15.6. The normalized spacial score (nSPS) is 12.4. The number of aromatic nitrogens is 2. The van der Waals surface area contributed by atoms with E-state index >= 15 is 0 Å². The van der Waals surface area contributed by atoms with Crippen molar-refractivity contribution in [2.24, 2.45) is 0 Å². The molecule has 4 heteroatoms. The molecule has 1 aromatic heterocycles. The van der Waals surface area contributed by atoms with Crippen LogP contribution in [-0.4, -0.2) is 16.0 Å². The average molecular weight is 329 g/mol. The van der Waals surface area contributed by atoms with Gasteiger partial charge in [-0.1, -0.05) is 54.6 Å². The maximum atomic E-state index is 10.9. The Morgan fingerprint density at radius 3 is 2.68 bits per heavy atom. The molecule has 1 atom stereocenters. The minimum Gasteiger partial charge on any atom is -0.349 e. The fourth-order valence-electron chi connectivity index (χ4n) is 3.37. The number of carbonyl (C=O) groups is 1. The van der Waals surface area contributed by atoms with Gasteiger partial charge in [0.2, 0.25) is 6.41 Å². The number of hydrogen-bond donors (Lipinski definition) is 1. The molecule has 0 spiro atoms. The summed E-state index contributed by atoms with van der Waals surface area (Å²) >= 11 is 0. The average Bonchev–Trinajstić information content (AvgIpc) is 3.01. The van der Waals surface area contributed by atoms with E-state index in [-0.39, 0.29) is 6.04 Å². The first-order chi connectivity index (χ1) is 12.3. The van der Waals surface area contributed by atoms with Crippen LogP contribution in [0.4, 0.5) is 0 Å². The predicted molar refractivity (Wildman–Crippen MR) is 100 cm³/mol. The van der Waals surface area contributed by atoms with Crippen molar-refractivity contribution in [3.8, 4) is 0 Å². The van der Waals surface area contributed by atoms with Gasteiger partial charge in [-0.05, 0) is 35.4 Å². The molecule has 0 aliphatic heterocycles. The van der Waals surface area contributed by atoms with Gasteiger partial charge in [0.25, 0.3) is 0 Å². The lowest BCUT2D eigenvalue weighted by Gasteiger charge is -2.15. The number of rotatable bonds is 5. The Morgan fingerprint density at radius 2 is 1.80 bits per heavy atom. The molecule has 0 saturated heterocycles. The highest BCUT2D eigenvalue weighted by Crippen LogP contribution is 2.25. The molecule has 0 aliphatic rings. The minimum absolute atomic E-state index is 0.153. The Hall–Kier alpha value is -3.14. The number of carbonyl (C=O) groups excluding carboxylic acids is 1. The molecular formula is C21H19N3O. The van der Waals surface area contributed by atoms with Crippen LogP contribution in [0.2, 0.25) is 0 Å². The van der Waals surface area contributed by atoms with Gasteiger partial charge in [0.1, 0.15) is 5.82 Å². The monoisotopic (exact) mass is 329 g/mol. The SMILES string of the molecule is CC(NC=O)c1nc2ccccc2n1Cc1cccc2ccccc12. The third-order valence-electron chi connectivity index (χ3n) is 4.60. The van der Waals surface area contributed by atoms with Crippen molar-refractivity contribution in [2.75, 3.05) is 0 Å². The van der Waals surface area contributed by atoms with Crippen LogP contribution in [0.25, 0.3) is 21.8 Å². The zero-order chi connectivity index (χ0) is 17.2. The molecule has 4 aromatic rings. The fraction of sp³-hybridized carbons (Fsp3) is 0.143. The quantitative estimate of drug-likeness (QED) is 0.562. The topological polar surface area (TPSA) is 46.9 Å². The predicted octanol–water partition coefficient (Wildman–Crippen LogP) is 4.04. The van der Waals surface area contributed by atoms with Crippen LogP contribution in [-0.2, 0) is 11.3 Å². The molecule has 1 amide bonds. The van der Waals surface area contributed by atoms with Crippen molar-refractivity contribution in [1.29, 1.82) is 0 Å². The van der Waals surface area contributed by atoms with Crippen LogP contribution in [0, 0.1) is 0 Å². The van der Waals surface area contributed by atoms with Gasteiger partial charge in [0.05, 0.1) is 23.6 Å². The molecule has 0 fully saturated rings. The highest BCUT2D eigenvalue weighted by molar-refractivity contribution is 5.86. The lowest BCUT2D eigenvalue weighted by atomic mass is 10.0. The van der Waals surface area contributed by atoms with Crippen LogP contribution in [0.5, 0.6) is 0 Å². The molecule has 0 bridgehead atoms. The number of nitrogens with zero attached hydrogens (tertiary/aromatic N) is 2. The van der Waals surface area contributed by atoms with Gasteiger partial charge in [0, 0.05) is 0 Å². The van der Waals surface area contributed by atoms with Gasteiger partial charge in [-0.25, -0.2) is 4.98 Å². The molecular weight excluding hydrogens is 310 g/mol. The number of para-hydroxylation sites is 2. The summed E-state index contributed by atoms with van der Waals surface area (Å²) < 4.78 is 2.19. The number of benzene rings is 3. The van der Waals surface area contributed by atoms with E-state index in [0.29, 0.717) is 6.54 Å². The number of amides is 1. The zero-order valence-corrected chi connectivity index (χ0v) is 14.0. The molecule has 124 valence electrons. The number of nitrogens with one attached hydrogen (secondary N) is 1. The van der Waals surface area contributed by atoms with Crippen molar-refractivity contribution < 1.29 is 4.79 Å². The Labute approximate surface area is 146 Å². The molecule has 0 radical (unpaired) electrons. The van der Waals surface area contributed by atoms with Crippen molar-refractivity contribution in [3.05, 3.63) is 78.1 Å². The second-order valence-electron chi connectivity index (χ2n) is 6.19. The van der Waals surface area contributed by atoms with Crippen molar-refractivity contribution >= 4 is 28.2 Å². The molecule has 1 heterocycles. The van der Waals surface area contributed by atoms with E-state index in [1.165, 1.54) is 16.3 Å². The highest BCUT2D eigenvalue weighted by atomic mass is 16.1. The summed E-state index contributed by atoms with van der Waals surface area (Å²) in [6.07, 6.45) is 0.728. The first-order valence-electron chi connectivity index (χ1n) is 8.39. The smallest absolute Gasteiger partial charge is 0.207 e. The van der Waals surface area contributed by atoms with Crippen LogP contribution in [0.3, 0.4) is 0 Å². The van der Waals surface area contributed by atoms with E-state index in [2.05, 4.69) is 58.4 Å². The standard InChI is InChI=1S/C21H19N3O/c1-15(22-14-25)21-23-19-11-4-5-12-20(19)24(21)13-17-9-6-8-16-7-2-3-10-18(16)17/h2-12,14-15H,13H2,1H3,(H,22,25). The van der Waals surface area contributed by atoms with Crippen LogP contribution in [0.1, 0.15) is 24.4 Å². The van der Waals surface area contributed by atoms with Gasteiger partial charge in [0.15, 0.2) is 0 Å². The lowest BCUT2D eigenvalue weighted by molar-refractivity contribution is -0.110.